The van der Waals surface area contributed by atoms with Crippen LogP contribution in [0.1, 0.15) is 28.5 Å². The number of nitrogens with zero attached hydrogens (tertiary/aromatic N) is 3. The van der Waals surface area contributed by atoms with Gasteiger partial charge in [-0.25, -0.2) is 9.50 Å². The van der Waals surface area contributed by atoms with E-state index in [1.807, 2.05) is 43.3 Å². The first kappa shape index (κ1) is 18.6. The summed E-state index contributed by atoms with van der Waals surface area (Å²) in [6, 6.07) is 9.87. The van der Waals surface area contributed by atoms with Gasteiger partial charge in [0.05, 0.1) is 12.3 Å². The highest BCUT2D eigenvalue weighted by atomic mass is 16.6. The second kappa shape index (κ2) is 7.33. The quantitative estimate of drug-likeness (QED) is 0.529. The van der Waals surface area contributed by atoms with Gasteiger partial charge in [-0.05, 0) is 18.6 Å². The Bertz CT molecular complexity index is 1010. The van der Waals surface area contributed by atoms with Gasteiger partial charge < -0.3 is 25.8 Å². The van der Waals surface area contributed by atoms with Crippen LogP contribution in [0.25, 0.3) is 17.7 Å². The van der Waals surface area contributed by atoms with Crippen LogP contribution in [-0.2, 0) is 4.74 Å². The summed E-state index contributed by atoms with van der Waals surface area (Å²) in [5.41, 5.74) is 10.1. The monoisotopic (exact) mass is 382 g/mol. The van der Waals surface area contributed by atoms with E-state index in [1.54, 1.807) is 10.6 Å². The summed E-state index contributed by atoms with van der Waals surface area (Å²) in [4.78, 5) is 4.06. The average molecular weight is 382 g/mol. The van der Waals surface area contributed by atoms with Crippen LogP contribution in [0.5, 0.6) is 0 Å². The predicted molar refractivity (Wildman–Crippen MR) is 104 cm³/mol. The van der Waals surface area contributed by atoms with Crippen LogP contribution in [0.2, 0.25) is 0 Å². The van der Waals surface area contributed by atoms with Crippen molar-refractivity contribution in [3.05, 3.63) is 59.0 Å². The van der Waals surface area contributed by atoms with Crippen LogP contribution < -0.4 is 5.73 Å². The Kier molecular flexibility index (Phi) is 4.86. The second-order valence-electron chi connectivity index (χ2n) is 6.93. The summed E-state index contributed by atoms with van der Waals surface area (Å²) in [5.74, 6) is 0.288. The molecule has 1 aliphatic heterocycles. The average Bonchev–Trinajstić information content (AvgIpc) is 3.20. The number of anilines is 1. The van der Waals surface area contributed by atoms with E-state index in [-0.39, 0.29) is 5.82 Å². The fourth-order valence-corrected chi connectivity index (χ4v) is 3.46. The van der Waals surface area contributed by atoms with Gasteiger partial charge in [-0.3, -0.25) is 0 Å². The number of aromatic nitrogens is 3. The molecule has 0 radical (unpaired) electrons. The number of hydrogen-bond donors (Lipinski definition) is 4. The third-order valence-corrected chi connectivity index (χ3v) is 5.01. The molecular formula is C20H22N4O4. The number of nitrogens with two attached hydrogens (primary N) is 1. The first-order valence-corrected chi connectivity index (χ1v) is 8.99. The molecule has 28 heavy (non-hydrogen) atoms. The molecular weight excluding hydrogens is 360 g/mol. The summed E-state index contributed by atoms with van der Waals surface area (Å²) < 4.78 is 7.22. The maximum atomic E-state index is 10.4. The van der Waals surface area contributed by atoms with Crippen LogP contribution >= 0.6 is 0 Å². The largest absolute Gasteiger partial charge is 0.394 e. The summed E-state index contributed by atoms with van der Waals surface area (Å²) in [6.45, 7) is 1.63. The minimum absolute atomic E-state index is 0.288. The maximum absolute atomic E-state index is 10.4. The third-order valence-electron chi connectivity index (χ3n) is 5.01. The van der Waals surface area contributed by atoms with Gasteiger partial charge >= 0.3 is 0 Å². The lowest BCUT2D eigenvalue weighted by molar-refractivity contribution is -0.0244. The van der Waals surface area contributed by atoms with Crippen LogP contribution in [0.4, 0.5) is 5.82 Å². The molecule has 3 heterocycles. The number of hydrogen-bond acceptors (Lipinski definition) is 7. The molecule has 0 saturated carbocycles. The fourth-order valence-electron chi connectivity index (χ4n) is 3.46. The molecule has 3 aromatic rings. The molecule has 0 spiro atoms. The van der Waals surface area contributed by atoms with Gasteiger partial charge in [-0.1, -0.05) is 42.0 Å². The van der Waals surface area contributed by atoms with Gasteiger partial charge in [-0.2, -0.15) is 5.10 Å². The number of nitrogen functional groups attached to an aromatic ring is 1. The molecule has 1 aromatic carbocycles. The number of ether oxygens (including phenoxy) is 1. The molecule has 1 fully saturated rings. The molecule has 0 amide bonds. The van der Waals surface area contributed by atoms with E-state index in [4.69, 9.17) is 10.5 Å². The van der Waals surface area contributed by atoms with E-state index in [9.17, 15) is 15.3 Å². The number of rotatable bonds is 4. The topological polar surface area (TPSA) is 126 Å². The Labute approximate surface area is 161 Å². The van der Waals surface area contributed by atoms with Crippen molar-refractivity contribution in [3.8, 4) is 0 Å². The zero-order chi connectivity index (χ0) is 19.8. The molecule has 8 heteroatoms. The number of benzene rings is 1. The van der Waals surface area contributed by atoms with E-state index in [1.165, 1.54) is 11.9 Å². The maximum Gasteiger partial charge on any atom is 0.151 e. The molecule has 0 unspecified atom stereocenters. The van der Waals surface area contributed by atoms with Crippen LogP contribution in [0, 0.1) is 6.92 Å². The minimum Gasteiger partial charge on any atom is -0.394 e. The van der Waals surface area contributed by atoms with E-state index in [0.29, 0.717) is 11.2 Å². The zero-order valence-electron chi connectivity index (χ0n) is 15.3. The lowest BCUT2D eigenvalue weighted by Gasteiger charge is -2.14. The van der Waals surface area contributed by atoms with Crippen LogP contribution in [0.15, 0.2) is 36.7 Å². The molecule has 0 bridgehead atoms. The number of aryl methyl sites for hydroxylation is 1. The Morgan fingerprint density at radius 3 is 2.61 bits per heavy atom. The van der Waals surface area contributed by atoms with Gasteiger partial charge in [0.1, 0.15) is 36.3 Å². The van der Waals surface area contributed by atoms with Gasteiger partial charge in [0.15, 0.2) is 5.82 Å². The number of aliphatic hydroxyl groups excluding tert-OH is 3. The molecule has 4 rings (SSSR count). The molecule has 2 aromatic heterocycles. The summed E-state index contributed by atoms with van der Waals surface area (Å²) >= 11 is 0. The summed E-state index contributed by atoms with van der Waals surface area (Å²) in [5, 5.41) is 34.1. The van der Waals surface area contributed by atoms with E-state index in [2.05, 4.69) is 10.1 Å². The third kappa shape index (κ3) is 3.16. The molecule has 4 atom stereocenters. The molecule has 1 aliphatic rings. The fraction of sp³-hybridized carbons (Fsp3) is 0.300. The van der Waals surface area contributed by atoms with Crippen LogP contribution in [-0.4, -0.2) is 54.8 Å². The second-order valence-corrected chi connectivity index (χ2v) is 6.93. The van der Waals surface area contributed by atoms with Crippen molar-refractivity contribution in [1.29, 1.82) is 0 Å². The van der Waals surface area contributed by atoms with Crippen molar-refractivity contribution in [1.82, 2.24) is 14.6 Å². The smallest absolute Gasteiger partial charge is 0.151 e. The molecule has 5 N–H and O–H groups in total. The molecule has 1 saturated heterocycles. The highest BCUT2D eigenvalue weighted by Crippen LogP contribution is 2.36. The summed E-state index contributed by atoms with van der Waals surface area (Å²) in [7, 11) is 0. The van der Waals surface area contributed by atoms with E-state index >= 15 is 0 Å². The number of fused-ring (bicyclic) bond motifs is 1. The Hall–Kier alpha value is -2.78. The van der Waals surface area contributed by atoms with Gasteiger partial charge in [-0.15, -0.1) is 0 Å². The van der Waals surface area contributed by atoms with Crippen molar-refractivity contribution in [2.45, 2.75) is 31.3 Å². The lowest BCUT2D eigenvalue weighted by Crippen LogP contribution is -2.32. The number of aliphatic hydroxyl groups is 3. The normalized spacial score (nSPS) is 25.1. The van der Waals surface area contributed by atoms with Crippen molar-refractivity contribution < 1.29 is 20.1 Å². The van der Waals surface area contributed by atoms with E-state index < -0.39 is 31.0 Å². The predicted octanol–water partition coefficient (Wildman–Crippen LogP) is 0.944. The van der Waals surface area contributed by atoms with Crippen molar-refractivity contribution >= 4 is 23.5 Å². The Morgan fingerprint density at radius 2 is 1.93 bits per heavy atom. The van der Waals surface area contributed by atoms with Gasteiger partial charge in [0.25, 0.3) is 0 Å². The van der Waals surface area contributed by atoms with Crippen LogP contribution in [0.3, 0.4) is 0 Å². The van der Waals surface area contributed by atoms with Gasteiger partial charge in [0.2, 0.25) is 0 Å². The SMILES string of the molecule is Cc1ccc(/C=C/c2cc([C@@H]3O[C@H](CO)[C@@H](O)[C@H]3O)n3ncnc(N)c23)cc1. The first-order chi connectivity index (χ1) is 13.5. The molecule has 0 aliphatic carbocycles. The van der Waals surface area contributed by atoms with E-state index in [0.717, 1.165) is 11.1 Å². The standard InChI is InChI=1S/C20H22N4O4/c1-11-2-4-12(5-3-11)6-7-13-8-14(24-16(13)20(21)22-10-23-24)19-18(27)17(26)15(9-25)28-19/h2-8,10,15,17-19,25-27H,9H2,1H3,(H2,21,22,23)/b7-6+/t15-,17-,18-,19+/m1/s1. The van der Waals surface area contributed by atoms with Crippen molar-refractivity contribution in [3.63, 3.8) is 0 Å². The highest BCUT2D eigenvalue weighted by Gasteiger charge is 2.44. The molecule has 8 nitrogen and oxygen atoms in total. The minimum atomic E-state index is -1.19. The summed E-state index contributed by atoms with van der Waals surface area (Å²) in [6.07, 6.45) is 1.06. The van der Waals surface area contributed by atoms with Crippen molar-refractivity contribution in [2.24, 2.45) is 0 Å². The molecule has 146 valence electrons. The Balaban J connectivity index is 1.77. The van der Waals surface area contributed by atoms with Crippen molar-refractivity contribution in [2.75, 3.05) is 12.3 Å². The van der Waals surface area contributed by atoms with Gasteiger partial charge in [0, 0.05) is 5.56 Å². The lowest BCUT2D eigenvalue weighted by atomic mass is 10.1. The zero-order valence-corrected chi connectivity index (χ0v) is 15.3. The highest BCUT2D eigenvalue weighted by molar-refractivity contribution is 5.84. The Morgan fingerprint density at radius 1 is 1.18 bits per heavy atom. The first-order valence-electron chi connectivity index (χ1n) is 8.99.